The van der Waals surface area contributed by atoms with Crippen LogP contribution >= 0.6 is 0 Å². The minimum absolute atomic E-state index is 0. The van der Waals surface area contributed by atoms with Crippen LogP contribution in [0.25, 0.3) is 0 Å². The van der Waals surface area contributed by atoms with E-state index >= 15 is 0 Å². The fraction of sp³-hybridized carbons (Fsp3) is 0.600. The van der Waals surface area contributed by atoms with Crippen LogP contribution in [0.1, 0.15) is 97.8 Å². The second kappa shape index (κ2) is 47.0. The molecule has 0 bridgehead atoms. The molecule has 0 aliphatic rings. The van der Waals surface area contributed by atoms with Gasteiger partial charge in [0.05, 0.1) is 23.9 Å². The van der Waals surface area contributed by atoms with E-state index in [1.807, 2.05) is 0 Å². The fourth-order valence-electron chi connectivity index (χ4n) is 3.01. The Hall–Kier alpha value is -1.83. The maximum atomic E-state index is 9.14. The molecule has 0 rings (SSSR count). The third-order valence-electron chi connectivity index (χ3n) is 5.06. The van der Waals surface area contributed by atoms with Gasteiger partial charge in [-0.05, 0) is 24.3 Å². The van der Waals surface area contributed by atoms with E-state index in [4.69, 9.17) is 39.6 Å². The van der Waals surface area contributed by atoms with E-state index < -0.39 is 23.9 Å². The van der Waals surface area contributed by atoms with Gasteiger partial charge in [0, 0.05) is 0 Å². The molecule has 226 valence electrons. The van der Waals surface area contributed by atoms with Crippen LogP contribution in [0.5, 0.6) is 0 Å². The van der Waals surface area contributed by atoms with Crippen LogP contribution < -0.4 is 20.4 Å². The predicted molar refractivity (Wildman–Crippen MR) is 159 cm³/mol. The summed E-state index contributed by atoms with van der Waals surface area (Å²) in [7, 11) is 0. The topological polar surface area (TPSA) is 161 Å². The van der Waals surface area contributed by atoms with Crippen molar-refractivity contribution in [3.8, 4) is 0 Å². The number of hydrogen-bond donors (Lipinski definition) is 0. The first-order chi connectivity index (χ1) is 18.4. The van der Waals surface area contributed by atoms with E-state index in [0.717, 1.165) is 24.3 Å². The molecule has 0 spiro atoms. The first kappa shape index (κ1) is 51.0. The summed E-state index contributed by atoms with van der Waals surface area (Å²) in [5.74, 6) is -4.93. The van der Waals surface area contributed by atoms with Gasteiger partial charge in [-0.25, -0.2) is 0 Å². The van der Waals surface area contributed by atoms with Gasteiger partial charge in [-0.3, -0.25) is 0 Å². The number of rotatable bonds is 19. The molecule has 0 fully saturated rings. The molecular weight excluding hydrogens is 634 g/mol. The molecule has 8 nitrogen and oxygen atoms in total. The minimum Gasteiger partial charge on any atom is -0.545 e. The molecule has 0 unspecified atom stereocenters. The van der Waals surface area contributed by atoms with Crippen molar-refractivity contribution in [2.75, 3.05) is 0 Å². The summed E-state index contributed by atoms with van der Waals surface area (Å²) in [5, 5.41) is 41.5. The van der Waals surface area contributed by atoms with Gasteiger partial charge in [-0.15, -0.1) is 0 Å². The fourth-order valence-corrected chi connectivity index (χ4v) is 6.48. The van der Waals surface area contributed by atoms with Crippen LogP contribution in [0.4, 0.5) is 0 Å². The smallest absolute Gasteiger partial charge is 0.545 e. The van der Waals surface area contributed by atoms with Crippen LogP contribution in [0.2, 0.25) is 15.8 Å². The quantitative estimate of drug-likeness (QED) is 0.114. The summed E-state index contributed by atoms with van der Waals surface area (Å²) < 4.78 is 0. The Kier molecular flexibility index (Phi) is 59.9. The second-order valence-electron chi connectivity index (χ2n) is 8.51. The van der Waals surface area contributed by atoms with Crippen LogP contribution in [-0.4, -0.2) is 61.9 Å². The van der Waals surface area contributed by atoms with Crippen LogP contribution in [0.15, 0.2) is 50.6 Å². The van der Waals surface area contributed by atoms with Crippen molar-refractivity contribution in [3.05, 3.63) is 50.6 Å². The Morgan fingerprint density at radius 1 is 0.475 bits per heavy atom. The van der Waals surface area contributed by atoms with Crippen molar-refractivity contribution in [3.63, 3.8) is 0 Å². The molecule has 0 N–H and O–H groups in total. The summed E-state index contributed by atoms with van der Waals surface area (Å²) >= 11 is -0.362. The monoisotopic (exact) mass is 686 g/mol. The Balaban J connectivity index is -0.000000112. The van der Waals surface area contributed by atoms with Crippen molar-refractivity contribution in [1.82, 2.24) is 0 Å². The molecule has 0 heterocycles. The van der Waals surface area contributed by atoms with Crippen molar-refractivity contribution >= 4 is 61.9 Å². The Morgan fingerprint density at radius 2 is 0.650 bits per heavy atom. The van der Waals surface area contributed by atoms with Crippen molar-refractivity contribution in [2.45, 2.75) is 114 Å². The van der Waals surface area contributed by atoms with E-state index in [0.29, 0.717) is 0 Å². The number of carboxylic acid groups (broad SMARTS) is 4. The van der Waals surface area contributed by atoms with E-state index in [2.05, 4.69) is 47.1 Å². The first-order valence-corrected chi connectivity index (χ1v) is 16.2. The molecule has 0 atom stereocenters. The number of unbranched alkanes of at least 4 members (excludes halogenated alkanes) is 9. The van der Waals surface area contributed by atoms with Gasteiger partial charge < -0.3 is 39.6 Å². The van der Waals surface area contributed by atoms with E-state index in [9.17, 15) is 0 Å². The summed E-state index contributed by atoms with van der Waals surface area (Å²) in [6.07, 6.45) is 20.6. The van der Waals surface area contributed by atoms with Crippen LogP contribution in [0, 0.1) is 0 Å². The summed E-state index contributed by atoms with van der Waals surface area (Å²) in [4.78, 5) is 36.6. The molecule has 0 radical (unpaired) electrons. The van der Waals surface area contributed by atoms with Gasteiger partial charge in [0.1, 0.15) is 0 Å². The number of carbonyl (C=O) groups is 4. The van der Waals surface area contributed by atoms with Crippen LogP contribution in [-0.2, 0) is 19.2 Å². The van der Waals surface area contributed by atoms with Crippen molar-refractivity contribution in [2.24, 2.45) is 0 Å². The molecule has 10 heteroatoms. The molecular formula is C30H51AlO8Sn. The van der Waals surface area contributed by atoms with Gasteiger partial charge in [-0.1, -0.05) is 140 Å². The normalized spacial score (nSPS) is 8.38. The van der Waals surface area contributed by atoms with E-state index in [1.54, 1.807) is 35.1 Å². The average Bonchev–Trinajstić information content (AvgIpc) is 2.92. The van der Waals surface area contributed by atoms with Gasteiger partial charge in [0.15, 0.2) is 0 Å². The predicted octanol–water partition coefficient (Wildman–Crippen LogP) is 2.53. The Labute approximate surface area is 264 Å². The molecule has 0 aromatic carbocycles. The molecule has 0 saturated heterocycles. The summed E-state index contributed by atoms with van der Waals surface area (Å²) in [5.41, 5.74) is 0. The standard InChI is InChI=1S/3C6H13.4C3H4O2.Al.Sn/c3*1-3-5-6-4-2;4*1-2-3(4)5;;/h3*1,3-6H2,2H3;4*2H,1H2,(H,4,5);;/q;;;;;;;;+4/p-4. The third-order valence-corrected chi connectivity index (χ3v) is 8.74. The summed E-state index contributed by atoms with van der Waals surface area (Å²) in [6, 6.07) is 0. The molecule has 0 saturated carbocycles. The maximum absolute atomic E-state index is 9.14. The third kappa shape index (κ3) is 76.6. The second-order valence-corrected chi connectivity index (χ2v) is 12.0. The Morgan fingerprint density at radius 3 is 0.775 bits per heavy atom. The minimum atomic E-state index is -1.23. The largest absolute Gasteiger partial charge is 4.00 e. The maximum Gasteiger partial charge on any atom is 4.00 e. The van der Waals surface area contributed by atoms with Gasteiger partial charge in [-0.2, -0.15) is 0 Å². The van der Waals surface area contributed by atoms with Crippen molar-refractivity contribution in [1.29, 1.82) is 0 Å². The van der Waals surface area contributed by atoms with E-state index in [-0.39, 0.29) is 38.1 Å². The van der Waals surface area contributed by atoms with Gasteiger partial charge in [0.25, 0.3) is 14.1 Å². The van der Waals surface area contributed by atoms with E-state index in [1.165, 1.54) is 57.8 Å². The average molecular weight is 685 g/mol. The number of aliphatic carboxylic acids is 4. The zero-order valence-corrected chi connectivity index (χ0v) is 29.1. The van der Waals surface area contributed by atoms with Gasteiger partial charge in [0.2, 0.25) is 0 Å². The zero-order valence-electron chi connectivity index (χ0n) is 25.1. The van der Waals surface area contributed by atoms with Gasteiger partial charge >= 0.3 is 23.9 Å². The molecule has 0 aliphatic carbocycles. The number of carboxylic acids is 4. The molecule has 0 aromatic heterocycles. The first-order valence-electron chi connectivity index (χ1n) is 13.8. The molecule has 40 heavy (non-hydrogen) atoms. The molecule has 0 aliphatic heterocycles. The number of carbonyl (C=O) groups excluding carboxylic acids is 4. The summed E-state index contributed by atoms with van der Waals surface area (Å²) in [6.45, 7) is 18.6. The van der Waals surface area contributed by atoms with Crippen LogP contribution in [0.3, 0.4) is 0 Å². The number of hydrogen-bond acceptors (Lipinski definition) is 8. The molecule has 0 amide bonds. The zero-order chi connectivity index (χ0) is 31.3. The molecule has 0 aromatic rings. The Bertz CT molecular complexity index is 539. The SMILES string of the molecule is C=CC(=O)[O-].C=CC(=O)[O-].C=CC(=O)[O-].C=CC(=O)[O-].CCCCC[CH2][Al]([CH2]CCCCC)[CH2]CCCCC.[Sn+4]. The van der Waals surface area contributed by atoms with Crippen molar-refractivity contribution < 1.29 is 39.6 Å².